The number of carbonyl (C=O) groups is 2. The number of nitrogens with zero attached hydrogens (tertiary/aromatic N) is 1. The van der Waals surface area contributed by atoms with Gasteiger partial charge in [-0.1, -0.05) is 12.2 Å². The molecule has 0 radical (unpaired) electrons. The Balaban J connectivity index is 1.29. The average Bonchev–Trinajstić information content (AvgIpc) is 3.46. The molecule has 1 aromatic heterocycles. The van der Waals surface area contributed by atoms with Crippen molar-refractivity contribution in [1.29, 1.82) is 0 Å². The number of aromatic nitrogens is 1. The zero-order chi connectivity index (χ0) is 27.3. The van der Waals surface area contributed by atoms with Crippen molar-refractivity contribution in [3.8, 4) is 34.3 Å². The molecule has 0 amide bonds. The van der Waals surface area contributed by atoms with Crippen LogP contribution < -0.4 is 9.47 Å². The molecule has 1 aliphatic carbocycles. The van der Waals surface area contributed by atoms with Gasteiger partial charge in [-0.25, -0.2) is 4.79 Å². The van der Waals surface area contributed by atoms with Crippen LogP contribution in [0.1, 0.15) is 59.6 Å². The largest absolute Gasteiger partial charge is 0.508 e. The zero-order valence-corrected chi connectivity index (χ0v) is 21.3. The Bertz CT molecular complexity index is 1590. The summed E-state index contributed by atoms with van der Waals surface area (Å²) in [5.41, 5.74) is 7.06. The predicted molar refractivity (Wildman–Crippen MR) is 142 cm³/mol. The van der Waals surface area contributed by atoms with Crippen LogP contribution in [0.2, 0.25) is 0 Å². The van der Waals surface area contributed by atoms with E-state index in [-0.39, 0.29) is 35.5 Å². The third-order valence-electron chi connectivity index (χ3n) is 7.75. The summed E-state index contributed by atoms with van der Waals surface area (Å²) in [5, 5.41) is 30.2. The normalized spacial score (nSPS) is 18.7. The van der Waals surface area contributed by atoms with Gasteiger partial charge in [-0.3, -0.25) is 9.78 Å². The highest BCUT2D eigenvalue weighted by Gasteiger charge is 2.45. The number of hydrogen-bond donors (Lipinski definition) is 3. The first-order valence-corrected chi connectivity index (χ1v) is 12.9. The number of carbonyl (C=O) groups excluding carboxylic acids is 1. The number of pyridine rings is 1. The summed E-state index contributed by atoms with van der Waals surface area (Å²) in [6.45, 7) is 2.06. The summed E-state index contributed by atoms with van der Waals surface area (Å²) >= 11 is 0. The number of carboxylic acids is 1. The monoisotopic (exact) mass is 525 g/mol. The number of fused-ring (bicyclic) bond motifs is 9. The number of ether oxygens (including phenoxy) is 2. The molecular weight excluding hydrogens is 498 g/mol. The summed E-state index contributed by atoms with van der Waals surface area (Å²) in [5.74, 6) is 0.591. The first kappa shape index (κ1) is 24.7. The van der Waals surface area contributed by atoms with E-state index in [1.165, 1.54) is 0 Å². The molecular formula is C31H27NO7. The van der Waals surface area contributed by atoms with E-state index in [0.717, 1.165) is 45.4 Å². The highest BCUT2D eigenvalue weighted by Crippen LogP contribution is 2.56. The molecule has 2 atom stereocenters. The molecule has 2 aliphatic heterocycles. The summed E-state index contributed by atoms with van der Waals surface area (Å²) < 4.78 is 12.5. The fourth-order valence-corrected chi connectivity index (χ4v) is 5.85. The van der Waals surface area contributed by atoms with E-state index in [1.807, 2.05) is 6.20 Å². The summed E-state index contributed by atoms with van der Waals surface area (Å²) in [4.78, 5) is 27.3. The molecule has 8 heteroatoms. The molecule has 2 aromatic carbocycles. The number of aldehydes is 1. The molecule has 0 spiro atoms. The number of aliphatic carboxylic acids is 1. The van der Waals surface area contributed by atoms with Gasteiger partial charge < -0.3 is 24.8 Å². The van der Waals surface area contributed by atoms with E-state index < -0.39 is 5.97 Å². The van der Waals surface area contributed by atoms with Crippen LogP contribution in [0.4, 0.5) is 0 Å². The molecule has 0 fully saturated rings. The van der Waals surface area contributed by atoms with Crippen molar-refractivity contribution in [2.75, 3.05) is 0 Å². The minimum Gasteiger partial charge on any atom is -0.508 e. The number of aromatic hydroxyl groups is 2. The van der Waals surface area contributed by atoms with Gasteiger partial charge in [0.2, 0.25) is 0 Å². The van der Waals surface area contributed by atoms with E-state index in [4.69, 9.17) is 14.5 Å². The Morgan fingerprint density at radius 3 is 2.74 bits per heavy atom. The van der Waals surface area contributed by atoms with Gasteiger partial charge in [-0.05, 0) is 74.1 Å². The summed E-state index contributed by atoms with van der Waals surface area (Å²) in [6, 6.07) is 8.35. The first-order chi connectivity index (χ1) is 18.8. The van der Waals surface area contributed by atoms with Gasteiger partial charge in [-0.15, -0.1) is 0 Å². The fraction of sp³-hybridized carbons (Fsp3) is 0.258. The molecule has 0 unspecified atom stereocenters. The number of allylic oxidation sites excluding steroid dienone is 3. The minimum absolute atomic E-state index is 0.0147. The number of phenols is 2. The maximum atomic E-state index is 11.8. The van der Waals surface area contributed by atoms with Crippen LogP contribution in [0.25, 0.3) is 11.3 Å². The Morgan fingerprint density at radius 1 is 1.10 bits per heavy atom. The van der Waals surface area contributed by atoms with Crippen LogP contribution in [0.3, 0.4) is 0 Å². The molecule has 3 N–H and O–H groups in total. The molecule has 39 heavy (non-hydrogen) atoms. The van der Waals surface area contributed by atoms with Gasteiger partial charge in [0.15, 0.2) is 0 Å². The molecule has 0 bridgehead atoms. The average molecular weight is 526 g/mol. The maximum absolute atomic E-state index is 11.8. The lowest BCUT2D eigenvalue weighted by atomic mass is 9.92. The molecule has 0 saturated heterocycles. The Kier molecular flexibility index (Phi) is 6.10. The third-order valence-corrected chi connectivity index (χ3v) is 7.75. The van der Waals surface area contributed by atoms with Crippen molar-refractivity contribution < 1.29 is 34.4 Å². The van der Waals surface area contributed by atoms with E-state index in [2.05, 4.69) is 0 Å². The van der Waals surface area contributed by atoms with Crippen LogP contribution in [-0.2, 0) is 29.0 Å². The predicted octanol–water partition coefficient (Wildman–Crippen LogP) is 5.30. The van der Waals surface area contributed by atoms with Gasteiger partial charge in [0.1, 0.15) is 42.0 Å². The lowest BCUT2D eigenvalue weighted by Gasteiger charge is -2.23. The number of hydrogen-bond acceptors (Lipinski definition) is 7. The third kappa shape index (κ3) is 4.31. The van der Waals surface area contributed by atoms with Crippen molar-refractivity contribution in [3.05, 3.63) is 87.6 Å². The molecule has 3 aromatic rings. The number of carboxylic acid groups (broad SMARTS) is 1. The number of benzene rings is 2. The topological polar surface area (TPSA) is 126 Å². The van der Waals surface area contributed by atoms with Crippen LogP contribution in [-0.4, -0.2) is 32.6 Å². The number of rotatable bonds is 7. The second-order valence-corrected chi connectivity index (χ2v) is 10.2. The molecule has 198 valence electrons. The fourth-order valence-electron chi connectivity index (χ4n) is 5.85. The van der Waals surface area contributed by atoms with Gasteiger partial charge >= 0.3 is 5.97 Å². The van der Waals surface area contributed by atoms with Crippen molar-refractivity contribution in [1.82, 2.24) is 4.98 Å². The van der Waals surface area contributed by atoms with Gasteiger partial charge in [0, 0.05) is 45.5 Å². The SMILES string of the molecule is C/C(C=O)=C\CC/C(=C\Cc1cc(O)cc2c1O[C@@H]1c3cnc4c(c3C[C@H]21)COc1ccc(O)cc1-4)C(=O)O. The quantitative estimate of drug-likeness (QED) is 0.280. The van der Waals surface area contributed by atoms with Crippen molar-refractivity contribution >= 4 is 12.3 Å². The van der Waals surface area contributed by atoms with Crippen molar-refractivity contribution in [2.45, 2.75) is 51.2 Å². The summed E-state index contributed by atoms with van der Waals surface area (Å²) in [7, 11) is 0. The highest BCUT2D eigenvalue weighted by atomic mass is 16.5. The van der Waals surface area contributed by atoms with Crippen LogP contribution >= 0.6 is 0 Å². The second kappa shape index (κ2) is 9.62. The lowest BCUT2D eigenvalue weighted by Crippen LogP contribution is -2.11. The molecule has 3 aliphatic rings. The summed E-state index contributed by atoms with van der Waals surface area (Å²) in [6.07, 6.45) is 7.40. The van der Waals surface area contributed by atoms with E-state index in [9.17, 15) is 24.9 Å². The Labute approximate surface area is 224 Å². The minimum atomic E-state index is -1.01. The smallest absolute Gasteiger partial charge is 0.331 e. The molecule has 0 saturated carbocycles. The zero-order valence-electron chi connectivity index (χ0n) is 21.3. The highest BCUT2D eigenvalue weighted by molar-refractivity contribution is 5.86. The van der Waals surface area contributed by atoms with E-state index in [0.29, 0.717) is 42.9 Å². The standard InChI is InChI=1S/C31H27NO7/c1-16(14-33)3-2-4-17(31(36)37)5-6-18-9-20(35)11-22-23-12-21-25(30(23)39-29(18)22)13-32-28-24-10-19(34)7-8-27(24)38-15-26(21)28/h3,5,7-11,13-14,23,30,34-35H,2,4,6,12,15H2,1H3,(H,36,37)/b16-3+,17-5+/t23-,30+/m1/s1. The van der Waals surface area contributed by atoms with Crippen molar-refractivity contribution in [3.63, 3.8) is 0 Å². The first-order valence-electron chi connectivity index (χ1n) is 12.9. The molecule has 8 nitrogen and oxygen atoms in total. The van der Waals surface area contributed by atoms with Crippen LogP contribution in [0, 0.1) is 0 Å². The Hall–Kier alpha value is -4.59. The molecule has 6 rings (SSSR count). The van der Waals surface area contributed by atoms with Gasteiger partial charge in [0.05, 0.1) is 5.69 Å². The van der Waals surface area contributed by atoms with Gasteiger partial charge in [-0.2, -0.15) is 0 Å². The lowest BCUT2D eigenvalue weighted by molar-refractivity contribution is -0.132. The van der Waals surface area contributed by atoms with Crippen molar-refractivity contribution in [2.24, 2.45) is 0 Å². The number of phenolic OH excluding ortho intramolecular Hbond substituents is 2. The van der Waals surface area contributed by atoms with E-state index >= 15 is 0 Å². The van der Waals surface area contributed by atoms with E-state index in [1.54, 1.807) is 49.4 Å². The van der Waals surface area contributed by atoms with Gasteiger partial charge in [0.25, 0.3) is 0 Å². The maximum Gasteiger partial charge on any atom is 0.331 e. The Morgan fingerprint density at radius 2 is 1.95 bits per heavy atom. The molecule has 3 heterocycles. The second-order valence-electron chi connectivity index (χ2n) is 10.2. The van der Waals surface area contributed by atoms with Crippen LogP contribution in [0.5, 0.6) is 23.0 Å². The van der Waals surface area contributed by atoms with Crippen LogP contribution in [0.15, 0.2) is 59.8 Å².